The molecule has 1 aromatic carbocycles. The van der Waals surface area contributed by atoms with E-state index in [9.17, 15) is 4.39 Å². The Hall–Kier alpha value is -1.17. The predicted octanol–water partition coefficient (Wildman–Crippen LogP) is 2.49. The van der Waals surface area contributed by atoms with Crippen molar-refractivity contribution in [3.8, 4) is 5.75 Å². The van der Waals surface area contributed by atoms with E-state index in [0.29, 0.717) is 32.1 Å². The molecule has 21 heavy (non-hydrogen) atoms. The summed E-state index contributed by atoms with van der Waals surface area (Å²) < 4.78 is 24.4. The number of para-hydroxylation sites is 1. The first-order valence-corrected chi connectivity index (χ1v) is 7.50. The average molecular weight is 299 g/mol. The van der Waals surface area contributed by atoms with Gasteiger partial charge in [-0.05, 0) is 25.3 Å². The normalized spacial score (nSPS) is 10.8. The first-order chi connectivity index (χ1) is 10.3. The van der Waals surface area contributed by atoms with Gasteiger partial charge < -0.3 is 19.9 Å². The van der Waals surface area contributed by atoms with Crippen LogP contribution in [0.1, 0.15) is 31.2 Å². The minimum Gasteiger partial charge on any atom is -0.490 e. The Morgan fingerprint density at radius 1 is 1.14 bits per heavy atom. The summed E-state index contributed by atoms with van der Waals surface area (Å²) in [6, 6.07) is 4.97. The third kappa shape index (κ3) is 7.41. The van der Waals surface area contributed by atoms with Gasteiger partial charge in [0.05, 0.1) is 13.2 Å². The van der Waals surface area contributed by atoms with Gasteiger partial charge in [-0.2, -0.15) is 0 Å². The monoisotopic (exact) mass is 299 g/mol. The molecule has 0 spiro atoms. The number of rotatable bonds is 12. The van der Waals surface area contributed by atoms with Crippen LogP contribution >= 0.6 is 0 Å². The highest BCUT2D eigenvalue weighted by Gasteiger charge is 2.09. The van der Waals surface area contributed by atoms with E-state index >= 15 is 0 Å². The molecule has 0 amide bonds. The molecule has 0 atom stereocenters. The summed E-state index contributed by atoms with van der Waals surface area (Å²) in [6.07, 6.45) is 3.64. The predicted molar refractivity (Wildman–Crippen MR) is 81.0 cm³/mol. The Morgan fingerprint density at radius 3 is 2.71 bits per heavy atom. The molecule has 0 saturated heterocycles. The fourth-order valence-corrected chi connectivity index (χ4v) is 1.99. The molecule has 0 aliphatic rings. The lowest BCUT2D eigenvalue weighted by Crippen LogP contribution is -2.19. The molecule has 0 aliphatic heterocycles. The van der Waals surface area contributed by atoms with Crippen LogP contribution < -0.4 is 10.1 Å². The first kappa shape index (κ1) is 17.9. The van der Waals surface area contributed by atoms with Crippen LogP contribution in [0.5, 0.6) is 5.75 Å². The van der Waals surface area contributed by atoms with Crippen molar-refractivity contribution in [2.24, 2.45) is 0 Å². The molecule has 0 saturated carbocycles. The highest BCUT2D eigenvalue weighted by molar-refractivity contribution is 5.34. The van der Waals surface area contributed by atoms with Crippen LogP contribution in [0.4, 0.5) is 4.39 Å². The molecule has 0 aliphatic carbocycles. The number of benzene rings is 1. The third-order valence-electron chi connectivity index (χ3n) is 3.15. The zero-order valence-electron chi connectivity index (χ0n) is 12.7. The van der Waals surface area contributed by atoms with Gasteiger partial charge in [-0.25, -0.2) is 4.39 Å². The molecule has 0 radical (unpaired) electrons. The fourth-order valence-electron chi connectivity index (χ4n) is 1.99. The summed E-state index contributed by atoms with van der Waals surface area (Å²) in [5.41, 5.74) is 0.821. The van der Waals surface area contributed by atoms with E-state index in [0.717, 1.165) is 31.2 Å². The van der Waals surface area contributed by atoms with Crippen LogP contribution in [-0.2, 0) is 11.3 Å². The van der Waals surface area contributed by atoms with Crippen molar-refractivity contribution >= 4 is 0 Å². The van der Waals surface area contributed by atoms with Gasteiger partial charge in [0, 0.05) is 32.4 Å². The summed E-state index contributed by atoms with van der Waals surface area (Å²) >= 11 is 0. The number of unbranched alkanes of at least 4 members (excludes halogenated alkanes) is 3. The van der Waals surface area contributed by atoms with Crippen LogP contribution in [-0.4, -0.2) is 38.6 Å². The number of aliphatic hydroxyl groups is 1. The molecule has 1 aromatic rings. The first-order valence-electron chi connectivity index (χ1n) is 7.50. The highest BCUT2D eigenvalue weighted by atomic mass is 19.1. The van der Waals surface area contributed by atoms with Gasteiger partial charge in [0.15, 0.2) is 11.6 Å². The third-order valence-corrected chi connectivity index (χ3v) is 3.15. The minimum atomic E-state index is -0.323. The molecular weight excluding hydrogens is 273 g/mol. The van der Waals surface area contributed by atoms with Crippen LogP contribution in [0.25, 0.3) is 0 Å². The number of aliphatic hydroxyl groups excluding tert-OH is 1. The van der Waals surface area contributed by atoms with Crippen molar-refractivity contribution in [2.45, 2.75) is 32.2 Å². The maximum atomic E-state index is 13.8. The van der Waals surface area contributed by atoms with E-state index < -0.39 is 0 Å². The molecule has 0 heterocycles. The second-order valence-corrected chi connectivity index (χ2v) is 4.88. The summed E-state index contributed by atoms with van der Waals surface area (Å²) in [4.78, 5) is 0. The Bertz CT molecular complexity index is 388. The van der Waals surface area contributed by atoms with Crippen LogP contribution in [0, 0.1) is 5.82 Å². The number of hydrogen-bond acceptors (Lipinski definition) is 4. The quantitative estimate of drug-likeness (QED) is 0.582. The van der Waals surface area contributed by atoms with Gasteiger partial charge in [-0.3, -0.25) is 0 Å². The molecule has 5 heteroatoms. The zero-order valence-corrected chi connectivity index (χ0v) is 12.7. The molecule has 0 bridgehead atoms. The summed E-state index contributed by atoms with van der Waals surface area (Å²) in [5, 5.41) is 11.9. The lowest BCUT2D eigenvalue weighted by atomic mass is 10.2. The van der Waals surface area contributed by atoms with E-state index in [4.69, 9.17) is 14.6 Å². The maximum absolute atomic E-state index is 13.8. The number of nitrogens with one attached hydrogen (secondary N) is 1. The molecule has 0 fully saturated rings. The van der Waals surface area contributed by atoms with Crippen molar-refractivity contribution in [1.29, 1.82) is 0 Å². The van der Waals surface area contributed by atoms with E-state index in [-0.39, 0.29) is 12.4 Å². The van der Waals surface area contributed by atoms with E-state index in [1.165, 1.54) is 6.07 Å². The second kappa shape index (κ2) is 11.5. The van der Waals surface area contributed by atoms with Crippen molar-refractivity contribution in [2.75, 3.05) is 33.5 Å². The SMILES string of the molecule is COCCNCc1cccc(F)c1OCCCCCCO. The van der Waals surface area contributed by atoms with Crippen molar-refractivity contribution in [1.82, 2.24) is 5.32 Å². The maximum Gasteiger partial charge on any atom is 0.165 e. The summed E-state index contributed by atoms with van der Waals surface area (Å²) in [7, 11) is 1.65. The van der Waals surface area contributed by atoms with Gasteiger partial charge in [0.1, 0.15) is 0 Å². The fraction of sp³-hybridized carbons (Fsp3) is 0.625. The van der Waals surface area contributed by atoms with Gasteiger partial charge in [-0.1, -0.05) is 18.6 Å². The molecule has 0 unspecified atom stereocenters. The standard InChI is InChI=1S/C16H26FNO3/c1-20-12-9-18-13-14-7-6-8-15(17)16(14)21-11-5-3-2-4-10-19/h6-8,18-19H,2-5,9-13H2,1H3. The minimum absolute atomic E-state index is 0.228. The molecule has 0 aromatic heterocycles. The lowest BCUT2D eigenvalue weighted by Gasteiger charge is -2.13. The topological polar surface area (TPSA) is 50.7 Å². The van der Waals surface area contributed by atoms with E-state index in [1.807, 2.05) is 6.07 Å². The molecule has 1 rings (SSSR count). The Kier molecular flexibility index (Phi) is 9.78. The van der Waals surface area contributed by atoms with Crippen LogP contribution in [0.15, 0.2) is 18.2 Å². The lowest BCUT2D eigenvalue weighted by molar-refractivity contribution is 0.199. The van der Waals surface area contributed by atoms with E-state index in [1.54, 1.807) is 13.2 Å². The summed E-state index contributed by atoms with van der Waals surface area (Å²) in [6.45, 7) is 2.62. The number of hydrogen-bond donors (Lipinski definition) is 2. The smallest absolute Gasteiger partial charge is 0.165 e. The van der Waals surface area contributed by atoms with Gasteiger partial charge in [0.25, 0.3) is 0 Å². The second-order valence-electron chi connectivity index (χ2n) is 4.88. The Morgan fingerprint density at radius 2 is 1.95 bits per heavy atom. The number of methoxy groups -OCH3 is 1. The number of ether oxygens (including phenoxy) is 2. The molecular formula is C16H26FNO3. The molecule has 4 nitrogen and oxygen atoms in total. The number of halogens is 1. The van der Waals surface area contributed by atoms with Gasteiger partial charge in [-0.15, -0.1) is 0 Å². The zero-order chi connectivity index (χ0) is 15.3. The summed E-state index contributed by atoms with van der Waals surface area (Å²) in [5.74, 6) is 0.0148. The van der Waals surface area contributed by atoms with E-state index in [2.05, 4.69) is 5.32 Å². The Labute approximate surface area is 126 Å². The average Bonchev–Trinajstić information content (AvgIpc) is 2.49. The highest BCUT2D eigenvalue weighted by Crippen LogP contribution is 2.23. The largest absolute Gasteiger partial charge is 0.490 e. The molecule has 120 valence electrons. The van der Waals surface area contributed by atoms with Crippen molar-refractivity contribution in [3.05, 3.63) is 29.6 Å². The van der Waals surface area contributed by atoms with Crippen LogP contribution in [0.2, 0.25) is 0 Å². The Balaban J connectivity index is 2.39. The van der Waals surface area contributed by atoms with Gasteiger partial charge >= 0.3 is 0 Å². The van der Waals surface area contributed by atoms with Crippen LogP contribution in [0.3, 0.4) is 0 Å². The van der Waals surface area contributed by atoms with Crippen molar-refractivity contribution in [3.63, 3.8) is 0 Å². The molecule has 2 N–H and O–H groups in total. The van der Waals surface area contributed by atoms with Gasteiger partial charge in [0.2, 0.25) is 0 Å². The van der Waals surface area contributed by atoms with Crippen molar-refractivity contribution < 1.29 is 19.0 Å².